The number of anilines is 1. The van der Waals surface area contributed by atoms with Crippen LogP contribution in [0.1, 0.15) is 48.8 Å². The molecule has 0 bridgehead atoms. The summed E-state index contributed by atoms with van der Waals surface area (Å²) in [6.45, 7) is 6.44. The number of hydrogen-bond donors (Lipinski definition) is 3. The number of thioether (sulfide) groups is 1. The number of benzene rings is 1. The summed E-state index contributed by atoms with van der Waals surface area (Å²) < 4.78 is 47.0. The van der Waals surface area contributed by atoms with E-state index in [2.05, 4.69) is 27.6 Å². The second kappa shape index (κ2) is 13.7. The molecular formula is C31H39F3N7O4S. The van der Waals surface area contributed by atoms with Crippen LogP contribution in [0.4, 0.5) is 23.7 Å². The number of aromatic amines is 1. The smallest absolute Gasteiger partial charge is 0.423 e. The maximum absolute atomic E-state index is 13.6. The number of alkyl halides is 3. The summed E-state index contributed by atoms with van der Waals surface area (Å²) in [4.78, 5) is 43.1. The van der Waals surface area contributed by atoms with Gasteiger partial charge in [-0.1, -0.05) is 25.8 Å². The Bertz CT molecular complexity index is 1480. The number of carbonyl (C=O) groups is 2. The lowest BCUT2D eigenvalue weighted by atomic mass is 10.1. The number of nitrogens with one attached hydrogen (secondary N) is 3. The Labute approximate surface area is 269 Å². The van der Waals surface area contributed by atoms with E-state index in [1.165, 1.54) is 4.90 Å². The van der Waals surface area contributed by atoms with E-state index in [0.717, 1.165) is 60.9 Å². The quantitative estimate of drug-likeness (QED) is 0.314. The topological polar surface area (TPSA) is 123 Å². The molecule has 3 amide bonds. The van der Waals surface area contributed by atoms with Gasteiger partial charge in [-0.05, 0) is 42.5 Å². The van der Waals surface area contributed by atoms with Crippen LogP contribution in [0.15, 0.2) is 29.2 Å². The van der Waals surface area contributed by atoms with Crippen LogP contribution >= 0.6 is 11.8 Å². The Morgan fingerprint density at radius 1 is 1.17 bits per heavy atom. The molecule has 1 unspecified atom stereocenters. The molecule has 0 saturated carbocycles. The molecule has 3 fully saturated rings. The molecule has 15 heteroatoms. The fourth-order valence-corrected chi connectivity index (χ4v) is 8.21. The predicted molar refractivity (Wildman–Crippen MR) is 168 cm³/mol. The van der Waals surface area contributed by atoms with Gasteiger partial charge in [0.1, 0.15) is 17.4 Å². The Hall–Kier alpha value is -3.46. The van der Waals surface area contributed by atoms with Crippen molar-refractivity contribution < 1.29 is 27.5 Å². The molecule has 2 aromatic rings. The summed E-state index contributed by atoms with van der Waals surface area (Å²) in [7, 11) is 0. The summed E-state index contributed by atoms with van der Waals surface area (Å²) >= 11 is 1.85. The number of likely N-dealkylation sites (tertiary alicyclic amines) is 1. The van der Waals surface area contributed by atoms with Crippen LogP contribution in [-0.4, -0.2) is 93.8 Å². The van der Waals surface area contributed by atoms with Gasteiger partial charge in [0.15, 0.2) is 0 Å². The SMILES string of the molecule is [CH2]CCCC(CNC(=O)CN1CCC(Oc2ccc3c(c2)CN(c2cn[nH]c(=O)c2C(F)(F)F)C3)CC1)N1C(=O)N[C@H]2CSC[C@H]21. The zero-order valence-corrected chi connectivity index (χ0v) is 26.3. The van der Waals surface area contributed by atoms with Crippen molar-refractivity contribution in [2.45, 2.75) is 75.6 Å². The van der Waals surface area contributed by atoms with Crippen molar-refractivity contribution in [2.24, 2.45) is 0 Å². The standard InChI is InChI=1S/C31H39F3N7O4S/c1-2-3-4-21(41-26-18-46-17-24(26)37-30(41)44)12-35-27(42)16-39-9-7-22(8-10-39)45-23-6-5-19-14-40(15-20(19)11-23)25-13-36-38-29(43)28(25)31(32,33)34/h5-6,11,13,21-22,24,26H,1-4,7-10,12,14-18H2,(H,35,42)(H,37,44)(H,38,43)/t21?,24-,26+/m0/s1. The van der Waals surface area contributed by atoms with Crippen molar-refractivity contribution in [1.29, 1.82) is 0 Å². The number of hydrogen-bond acceptors (Lipinski definition) is 8. The second-order valence-electron chi connectivity index (χ2n) is 12.4. The Morgan fingerprint density at radius 2 is 1.96 bits per heavy atom. The van der Waals surface area contributed by atoms with Crippen LogP contribution in [0.3, 0.4) is 0 Å². The Balaban J connectivity index is 0.976. The van der Waals surface area contributed by atoms with Crippen molar-refractivity contribution in [3.8, 4) is 5.75 Å². The number of rotatable bonds is 11. The summed E-state index contributed by atoms with van der Waals surface area (Å²) in [5.74, 6) is 2.41. The van der Waals surface area contributed by atoms with Crippen LogP contribution in [0.5, 0.6) is 5.75 Å². The number of halogens is 3. The van der Waals surface area contributed by atoms with Crippen molar-refractivity contribution in [3.05, 3.63) is 58.4 Å². The van der Waals surface area contributed by atoms with Crippen LogP contribution in [0.25, 0.3) is 0 Å². The Morgan fingerprint density at radius 3 is 2.72 bits per heavy atom. The first-order valence-corrected chi connectivity index (χ1v) is 16.9. The molecule has 11 nitrogen and oxygen atoms in total. The highest BCUT2D eigenvalue weighted by atomic mass is 32.2. The van der Waals surface area contributed by atoms with Gasteiger partial charge in [-0.2, -0.15) is 30.0 Å². The molecule has 1 aromatic carbocycles. The number of aromatic nitrogens is 2. The van der Waals surface area contributed by atoms with Crippen molar-refractivity contribution in [1.82, 2.24) is 30.6 Å². The fourth-order valence-electron chi connectivity index (χ4n) is 6.88. The van der Waals surface area contributed by atoms with Crippen LogP contribution in [0.2, 0.25) is 0 Å². The van der Waals surface area contributed by atoms with E-state index >= 15 is 0 Å². The average Bonchev–Trinajstić information content (AvgIpc) is 3.72. The number of unbranched alkanes of at least 4 members (excludes halogenated alkanes) is 1. The number of piperidine rings is 1. The highest BCUT2D eigenvalue weighted by Gasteiger charge is 2.45. The molecule has 3 N–H and O–H groups in total. The van der Waals surface area contributed by atoms with Gasteiger partial charge in [-0.15, -0.1) is 0 Å². The van der Waals surface area contributed by atoms with E-state index in [1.54, 1.807) is 0 Å². The van der Waals surface area contributed by atoms with E-state index < -0.39 is 17.3 Å². The molecule has 4 aliphatic heterocycles. The predicted octanol–water partition coefficient (Wildman–Crippen LogP) is 3.15. The van der Waals surface area contributed by atoms with E-state index in [-0.39, 0.29) is 61.5 Å². The van der Waals surface area contributed by atoms with Gasteiger partial charge >= 0.3 is 12.2 Å². The maximum atomic E-state index is 13.6. The third-order valence-electron chi connectivity index (χ3n) is 9.23. The van der Waals surface area contributed by atoms with Gasteiger partial charge in [-0.25, -0.2) is 9.89 Å². The second-order valence-corrected chi connectivity index (χ2v) is 13.4. The zero-order chi connectivity index (χ0) is 32.4. The lowest BCUT2D eigenvalue weighted by molar-refractivity contribution is -0.138. The monoisotopic (exact) mass is 662 g/mol. The minimum atomic E-state index is -4.80. The lowest BCUT2D eigenvalue weighted by Crippen LogP contribution is -2.51. The number of nitrogens with zero attached hydrogens (tertiary/aromatic N) is 4. The number of H-pyrrole nitrogens is 1. The van der Waals surface area contributed by atoms with Gasteiger partial charge < -0.3 is 25.2 Å². The minimum absolute atomic E-state index is 0.0397. The number of urea groups is 1. The number of amides is 3. The van der Waals surface area contributed by atoms with Gasteiger partial charge in [-0.3, -0.25) is 14.5 Å². The third-order valence-corrected chi connectivity index (χ3v) is 10.4. The molecule has 249 valence electrons. The molecule has 6 rings (SSSR count). The van der Waals surface area contributed by atoms with E-state index in [9.17, 15) is 27.6 Å². The highest BCUT2D eigenvalue weighted by Crippen LogP contribution is 2.38. The molecule has 0 aliphatic carbocycles. The van der Waals surface area contributed by atoms with Crippen LogP contribution < -0.4 is 25.8 Å². The highest BCUT2D eigenvalue weighted by molar-refractivity contribution is 7.99. The van der Waals surface area contributed by atoms with Gasteiger partial charge in [0.25, 0.3) is 5.56 Å². The molecule has 4 aliphatic rings. The molecule has 3 saturated heterocycles. The molecule has 1 radical (unpaired) electrons. The van der Waals surface area contributed by atoms with Gasteiger partial charge in [0.2, 0.25) is 5.91 Å². The molecule has 46 heavy (non-hydrogen) atoms. The first-order chi connectivity index (χ1) is 22.1. The molecular weight excluding hydrogens is 623 g/mol. The van der Waals surface area contributed by atoms with E-state index in [0.29, 0.717) is 25.4 Å². The third kappa shape index (κ3) is 7.09. The fraction of sp³-hybridized carbons (Fsp3) is 0.581. The number of fused-ring (bicyclic) bond motifs is 2. The number of ether oxygens (including phenoxy) is 1. The van der Waals surface area contributed by atoms with Crippen LogP contribution in [0, 0.1) is 6.92 Å². The minimum Gasteiger partial charge on any atom is -0.490 e. The van der Waals surface area contributed by atoms with E-state index in [4.69, 9.17) is 4.74 Å². The normalized spacial score (nSPS) is 22.5. The van der Waals surface area contributed by atoms with Crippen molar-refractivity contribution >= 4 is 29.4 Å². The van der Waals surface area contributed by atoms with Crippen molar-refractivity contribution in [3.63, 3.8) is 0 Å². The summed E-state index contributed by atoms with van der Waals surface area (Å²) in [6, 6.07) is 5.76. The number of carbonyl (C=O) groups excluding carboxylic acids is 2. The zero-order valence-electron chi connectivity index (χ0n) is 25.5. The molecule has 0 spiro atoms. The van der Waals surface area contributed by atoms with Gasteiger partial charge in [0.05, 0.1) is 36.6 Å². The summed E-state index contributed by atoms with van der Waals surface area (Å²) in [6.07, 6.45) is 0.0994. The maximum Gasteiger partial charge on any atom is 0.423 e. The lowest BCUT2D eigenvalue weighted by Gasteiger charge is -2.33. The van der Waals surface area contributed by atoms with Crippen molar-refractivity contribution in [2.75, 3.05) is 42.6 Å². The largest absolute Gasteiger partial charge is 0.490 e. The van der Waals surface area contributed by atoms with Gasteiger partial charge in [0, 0.05) is 44.2 Å². The first-order valence-electron chi connectivity index (χ1n) is 15.7. The average molecular weight is 663 g/mol. The van der Waals surface area contributed by atoms with E-state index in [1.807, 2.05) is 40.0 Å². The molecule has 1 aromatic heterocycles. The summed E-state index contributed by atoms with van der Waals surface area (Å²) in [5, 5.41) is 11.6. The first kappa shape index (κ1) is 32.5. The molecule has 3 atom stereocenters. The molecule has 5 heterocycles. The van der Waals surface area contributed by atoms with Crippen LogP contribution in [-0.2, 0) is 24.1 Å². The summed E-state index contributed by atoms with van der Waals surface area (Å²) in [5.41, 5.74) is -1.06. The Kier molecular flexibility index (Phi) is 9.69.